The summed E-state index contributed by atoms with van der Waals surface area (Å²) in [6.07, 6.45) is 5.26. The van der Waals surface area contributed by atoms with Gasteiger partial charge in [0.2, 0.25) is 0 Å². The molecular formula is C13H14N2O3. The Bertz CT molecular complexity index is 542. The second-order valence-electron chi connectivity index (χ2n) is 4.36. The Kier molecular flexibility index (Phi) is 3.72. The zero-order chi connectivity index (χ0) is 13.9. The fraction of sp³-hybridized carbons (Fsp3) is 0.308. The molecule has 5 nitrogen and oxygen atoms in total. The third kappa shape index (κ3) is 3.08. The van der Waals surface area contributed by atoms with Crippen LogP contribution in [0.25, 0.3) is 0 Å². The minimum atomic E-state index is -1.07. The number of terminal acetylenes is 1. The molecule has 0 unspecified atom stereocenters. The van der Waals surface area contributed by atoms with Gasteiger partial charge in [-0.1, -0.05) is 5.92 Å². The van der Waals surface area contributed by atoms with Crippen LogP contribution in [0.15, 0.2) is 12.1 Å². The Hall–Kier alpha value is -2.35. The Labute approximate surface area is 105 Å². The van der Waals surface area contributed by atoms with Gasteiger partial charge in [0, 0.05) is 0 Å². The SMILES string of the molecule is C#CC(C)(C)NC(=O)c1ccc(C(=O)O)c(C)n1. The van der Waals surface area contributed by atoms with Gasteiger partial charge in [-0.2, -0.15) is 0 Å². The molecule has 1 aromatic rings. The summed E-state index contributed by atoms with van der Waals surface area (Å²) in [7, 11) is 0. The van der Waals surface area contributed by atoms with Crippen LogP contribution < -0.4 is 5.32 Å². The lowest BCUT2D eigenvalue weighted by Crippen LogP contribution is -2.42. The molecule has 0 aliphatic rings. The van der Waals surface area contributed by atoms with Crippen LogP contribution >= 0.6 is 0 Å². The average Bonchev–Trinajstić information content (AvgIpc) is 2.27. The fourth-order valence-electron chi connectivity index (χ4n) is 1.30. The van der Waals surface area contributed by atoms with Gasteiger partial charge in [-0.3, -0.25) is 4.79 Å². The zero-order valence-electron chi connectivity index (χ0n) is 10.4. The second-order valence-corrected chi connectivity index (χ2v) is 4.36. The maximum Gasteiger partial charge on any atom is 0.337 e. The van der Waals surface area contributed by atoms with Crippen LogP contribution in [-0.4, -0.2) is 27.5 Å². The van der Waals surface area contributed by atoms with E-state index in [1.165, 1.54) is 19.1 Å². The molecule has 0 radical (unpaired) electrons. The Morgan fingerprint density at radius 1 is 1.44 bits per heavy atom. The first-order valence-corrected chi connectivity index (χ1v) is 5.28. The van der Waals surface area contributed by atoms with Crippen molar-refractivity contribution in [1.82, 2.24) is 10.3 Å². The molecule has 18 heavy (non-hydrogen) atoms. The van der Waals surface area contributed by atoms with Gasteiger partial charge in [0.05, 0.1) is 16.8 Å². The first-order chi connectivity index (χ1) is 8.26. The molecule has 2 N–H and O–H groups in total. The number of hydrogen-bond acceptors (Lipinski definition) is 3. The van der Waals surface area contributed by atoms with Crippen LogP contribution in [-0.2, 0) is 0 Å². The number of nitrogens with zero attached hydrogens (tertiary/aromatic N) is 1. The molecule has 0 atom stereocenters. The summed E-state index contributed by atoms with van der Waals surface area (Å²) in [6.45, 7) is 4.90. The molecule has 0 saturated heterocycles. The predicted molar refractivity (Wildman–Crippen MR) is 66.3 cm³/mol. The number of aryl methyl sites for hydroxylation is 1. The highest BCUT2D eigenvalue weighted by molar-refractivity contribution is 5.95. The number of hydrogen-bond donors (Lipinski definition) is 2. The van der Waals surface area contributed by atoms with Crippen molar-refractivity contribution in [3.8, 4) is 12.3 Å². The summed E-state index contributed by atoms with van der Waals surface area (Å²) in [5, 5.41) is 11.5. The highest BCUT2D eigenvalue weighted by atomic mass is 16.4. The van der Waals surface area contributed by atoms with E-state index in [2.05, 4.69) is 16.2 Å². The van der Waals surface area contributed by atoms with E-state index in [-0.39, 0.29) is 17.0 Å². The number of amides is 1. The molecule has 1 amide bonds. The maximum atomic E-state index is 11.8. The number of pyridine rings is 1. The molecule has 0 fully saturated rings. The van der Waals surface area contributed by atoms with E-state index in [4.69, 9.17) is 11.5 Å². The number of aromatic nitrogens is 1. The minimum Gasteiger partial charge on any atom is -0.478 e. The van der Waals surface area contributed by atoms with Gasteiger partial charge in [0.15, 0.2) is 0 Å². The number of carboxylic acids is 1. The van der Waals surface area contributed by atoms with E-state index in [1.807, 2.05) is 0 Å². The standard InChI is InChI=1S/C13H14N2O3/c1-5-13(3,4)15-11(16)10-7-6-9(12(17)18)8(2)14-10/h1,6-7H,2-4H3,(H,15,16)(H,17,18). The van der Waals surface area contributed by atoms with E-state index in [0.717, 1.165) is 0 Å². The quantitative estimate of drug-likeness (QED) is 0.786. The molecule has 1 aromatic heterocycles. The molecule has 0 bridgehead atoms. The topological polar surface area (TPSA) is 79.3 Å². The van der Waals surface area contributed by atoms with E-state index < -0.39 is 17.4 Å². The Morgan fingerprint density at radius 2 is 2.06 bits per heavy atom. The first-order valence-electron chi connectivity index (χ1n) is 5.28. The van der Waals surface area contributed by atoms with Crippen LogP contribution in [0.3, 0.4) is 0 Å². The van der Waals surface area contributed by atoms with Gasteiger partial charge < -0.3 is 10.4 Å². The van der Waals surface area contributed by atoms with Crippen molar-refractivity contribution in [1.29, 1.82) is 0 Å². The van der Waals surface area contributed by atoms with E-state index in [0.29, 0.717) is 0 Å². The van der Waals surface area contributed by atoms with Crippen LogP contribution in [0.1, 0.15) is 40.4 Å². The van der Waals surface area contributed by atoms with Gasteiger partial charge in [0.1, 0.15) is 5.69 Å². The second kappa shape index (κ2) is 4.88. The van der Waals surface area contributed by atoms with Crippen LogP contribution in [0.4, 0.5) is 0 Å². The molecule has 0 saturated carbocycles. The lowest BCUT2D eigenvalue weighted by molar-refractivity contribution is 0.0694. The molecule has 0 aliphatic carbocycles. The van der Waals surface area contributed by atoms with E-state index in [9.17, 15) is 9.59 Å². The Balaban J connectivity index is 3.00. The Morgan fingerprint density at radius 3 is 2.50 bits per heavy atom. The third-order valence-corrected chi connectivity index (χ3v) is 2.34. The molecule has 1 heterocycles. The minimum absolute atomic E-state index is 0.0720. The summed E-state index contributed by atoms with van der Waals surface area (Å²) in [5.74, 6) is 0.927. The number of carbonyl (C=O) groups excluding carboxylic acids is 1. The van der Waals surface area contributed by atoms with E-state index >= 15 is 0 Å². The average molecular weight is 246 g/mol. The summed E-state index contributed by atoms with van der Waals surface area (Å²) >= 11 is 0. The van der Waals surface area contributed by atoms with Crippen LogP contribution in [0, 0.1) is 19.3 Å². The molecule has 94 valence electrons. The number of aromatic carboxylic acids is 1. The van der Waals surface area contributed by atoms with Crippen molar-refractivity contribution in [3.05, 3.63) is 29.1 Å². The monoisotopic (exact) mass is 246 g/mol. The molecule has 0 aromatic carbocycles. The summed E-state index contributed by atoms with van der Waals surface area (Å²) < 4.78 is 0. The normalized spacial score (nSPS) is 10.6. The van der Waals surface area contributed by atoms with Gasteiger partial charge in [-0.15, -0.1) is 6.42 Å². The lowest BCUT2D eigenvalue weighted by Gasteiger charge is -2.19. The summed E-state index contributed by atoms with van der Waals surface area (Å²) in [5.41, 5.74) is -0.282. The van der Waals surface area contributed by atoms with Gasteiger partial charge in [-0.05, 0) is 32.9 Å². The lowest BCUT2D eigenvalue weighted by atomic mass is 10.1. The predicted octanol–water partition coefficient (Wildman–Crippen LogP) is 1.23. The number of rotatable bonds is 3. The molecule has 0 aliphatic heterocycles. The first kappa shape index (κ1) is 13.7. The van der Waals surface area contributed by atoms with Gasteiger partial charge in [0.25, 0.3) is 5.91 Å². The number of nitrogens with one attached hydrogen (secondary N) is 1. The molecule has 5 heteroatoms. The fourth-order valence-corrected chi connectivity index (χ4v) is 1.30. The smallest absolute Gasteiger partial charge is 0.337 e. The molecular weight excluding hydrogens is 232 g/mol. The zero-order valence-corrected chi connectivity index (χ0v) is 10.4. The van der Waals surface area contributed by atoms with Crippen molar-refractivity contribution in [2.45, 2.75) is 26.3 Å². The van der Waals surface area contributed by atoms with Crippen molar-refractivity contribution in [2.24, 2.45) is 0 Å². The van der Waals surface area contributed by atoms with Gasteiger partial charge >= 0.3 is 5.97 Å². The number of carboxylic acid groups (broad SMARTS) is 1. The van der Waals surface area contributed by atoms with Gasteiger partial charge in [-0.25, -0.2) is 9.78 Å². The van der Waals surface area contributed by atoms with Crippen molar-refractivity contribution in [2.75, 3.05) is 0 Å². The van der Waals surface area contributed by atoms with E-state index in [1.54, 1.807) is 13.8 Å². The van der Waals surface area contributed by atoms with Crippen LogP contribution in [0.2, 0.25) is 0 Å². The van der Waals surface area contributed by atoms with Crippen LogP contribution in [0.5, 0.6) is 0 Å². The van der Waals surface area contributed by atoms with Crippen molar-refractivity contribution in [3.63, 3.8) is 0 Å². The maximum absolute atomic E-state index is 11.8. The summed E-state index contributed by atoms with van der Waals surface area (Å²) in [6, 6.07) is 2.71. The number of carbonyl (C=O) groups is 2. The molecule has 0 spiro atoms. The highest BCUT2D eigenvalue weighted by Gasteiger charge is 2.20. The van der Waals surface area contributed by atoms with Crippen molar-refractivity contribution < 1.29 is 14.7 Å². The summed E-state index contributed by atoms with van der Waals surface area (Å²) in [4.78, 5) is 26.6. The largest absolute Gasteiger partial charge is 0.478 e. The highest BCUT2D eigenvalue weighted by Crippen LogP contribution is 2.08. The molecule has 1 rings (SSSR count). The van der Waals surface area contributed by atoms with Crippen molar-refractivity contribution >= 4 is 11.9 Å². The third-order valence-electron chi connectivity index (χ3n) is 2.34.